The van der Waals surface area contributed by atoms with Crippen LogP contribution in [0.25, 0.3) is 11.4 Å². The molecule has 0 amide bonds. The van der Waals surface area contributed by atoms with Gasteiger partial charge in [-0.1, -0.05) is 24.3 Å². The molecule has 0 saturated carbocycles. The summed E-state index contributed by atoms with van der Waals surface area (Å²) in [6.45, 7) is 1.12. The highest BCUT2D eigenvalue weighted by Gasteiger charge is 2.05. The van der Waals surface area contributed by atoms with E-state index in [1.165, 1.54) is 0 Å². The molecule has 112 valence electrons. The topological polar surface area (TPSA) is 52.0 Å². The molecule has 0 spiro atoms. The van der Waals surface area contributed by atoms with Crippen molar-refractivity contribution < 1.29 is 4.74 Å². The van der Waals surface area contributed by atoms with Crippen molar-refractivity contribution in [2.24, 2.45) is 0 Å². The quantitative estimate of drug-likeness (QED) is 0.759. The number of hydrogen-bond donors (Lipinski definition) is 1. The van der Waals surface area contributed by atoms with Crippen LogP contribution in [0.15, 0.2) is 61.2 Å². The third-order valence-electron chi connectivity index (χ3n) is 3.33. The highest BCUT2D eigenvalue weighted by Crippen LogP contribution is 2.18. The molecule has 2 aromatic heterocycles. The van der Waals surface area contributed by atoms with Crippen LogP contribution >= 0.6 is 0 Å². The number of pyridine rings is 1. The van der Waals surface area contributed by atoms with E-state index < -0.39 is 0 Å². The Hall–Kier alpha value is -2.66. The van der Waals surface area contributed by atoms with E-state index in [1.54, 1.807) is 12.4 Å². The van der Waals surface area contributed by atoms with Crippen LogP contribution in [0, 0.1) is 0 Å². The van der Waals surface area contributed by atoms with Gasteiger partial charge in [-0.25, -0.2) is 9.66 Å². The molecule has 5 nitrogen and oxygen atoms in total. The predicted molar refractivity (Wildman–Crippen MR) is 85.7 cm³/mol. The summed E-state index contributed by atoms with van der Waals surface area (Å²) in [6, 6.07) is 12.1. The normalized spacial score (nSPS) is 10.6. The maximum Gasteiger partial charge on any atom is 0.158 e. The van der Waals surface area contributed by atoms with E-state index in [9.17, 15) is 0 Å². The third kappa shape index (κ3) is 3.32. The Bertz CT molecular complexity index is 724. The minimum atomic E-state index is 0.559. The minimum Gasteiger partial charge on any atom is -0.372 e. The van der Waals surface area contributed by atoms with Gasteiger partial charge < -0.3 is 10.2 Å². The third-order valence-corrected chi connectivity index (χ3v) is 3.33. The lowest BCUT2D eigenvalue weighted by Crippen LogP contribution is -2.09. The van der Waals surface area contributed by atoms with Gasteiger partial charge >= 0.3 is 0 Å². The van der Waals surface area contributed by atoms with E-state index in [-0.39, 0.29) is 0 Å². The number of nitrogens with zero attached hydrogens (tertiary/aromatic N) is 3. The van der Waals surface area contributed by atoms with Gasteiger partial charge in [0.05, 0.1) is 13.2 Å². The Morgan fingerprint density at radius 3 is 2.77 bits per heavy atom. The van der Waals surface area contributed by atoms with Gasteiger partial charge in [-0.15, -0.1) is 0 Å². The molecule has 5 heteroatoms. The fraction of sp³-hybridized carbons (Fsp3) is 0.176. The first-order valence-corrected chi connectivity index (χ1v) is 7.14. The first-order chi connectivity index (χ1) is 10.9. The number of imidazole rings is 1. The summed E-state index contributed by atoms with van der Waals surface area (Å²) in [5, 5.41) is 0. The molecule has 0 radical (unpaired) electrons. The first kappa shape index (κ1) is 14.3. The number of rotatable bonds is 6. The Morgan fingerprint density at radius 1 is 1.09 bits per heavy atom. The molecule has 3 rings (SSSR count). The van der Waals surface area contributed by atoms with Crippen LogP contribution in [-0.4, -0.2) is 21.7 Å². The molecular formula is C17H18N4O. The second-order valence-electron chi connectivity index (χ2n) is 4.90. The average molecular weight is 294 g/mol. The Labute approximate surface area is 129 Å². The van der Waals surface area contributed by atoms with Gasteiger partial charge in [0.15, 0.2) is 5.82 Å². The number of benzene rings is 1. The summed E-state index contributed by atoms with van der Waals surface area (Å²) in [4.78, 5) is 8.46. The number of aromatic nitrogens is 3. The first-order valence-electron chi connectivity index (χ1n) is 7.14. The molecule has 0 fully saturated rings. The maximum atomic E-state index is 5.75. The van der Waals surface area contributed by atoms with Crippen molar-refractivity contribution >= 4 is 0 Å². The summed E-state index contributed by atoms with van der Waals surface area (Å²) in [6.07, 6.45) is 7.25. The highest BCUT2D eigenvalue weighted by atomic mass is 16.5. The standard InChI is InChI=1S/C17H18N4O/c1-18-21-9-8-20-17(21)16-6-2-4-14(10-16)12-22-13-15-5-3-7-19-11-15/h2-11,18H,12-13H2,1H3. The van der Waals surface area contributed by atoms with Gasteiger partial charge in [-0.3, -0.25) is 4.98 Å². The zero-order chi connectivity index (χ0) is 15.2. The van der Waals surface area contributed by atoms with Crippen LogP contribution in [0.4, 0.5) is 0 Å². The van der Waals surface area contributed by atoms with Crippen molar-refractivity contribution in [2.75, 3.05) is 12.5 Å². The molecule has 0 aliphatic heterocycles. The fourth-order valence-electron chi connectivity index (χ4n) is 2.27. The van der Waals surface area contributed by atoms with E-state index in [2.05, 4.69) is 27.5 Å². The van der Waals surface area contributed by atoms with Gasteiger partial charge in [-0.2, -0.15) is 0 Å². The molecule has 0 bridgehead atoms. The van der Waals surface area contributed by atoms with E-state index in [4.69, 9.17) is 4.74 Å². The van der Waals surface area contributed by atoms with Crippen molar-refractivity contribution in [3.05, 3.63) is 72.3 Å². The summed E-state index contributed by atoms with van der Waals surface area (Å²) in [5.74, 6) is 0.886. The van der Waals surface area contributed by atoms with Crippen molar-refractivity contribution in [3.63, 3.8) is 0 Å². The summed E-state index contributed by atoms with van der Waals surface area (Å²) in [5.41, 5.74) is 6.32. The van der Waals surface area contributed by atoms with Crippen LogP contribution in [0.5, 0.6) is 0 Å². The second kappa shape index (κ2) is 6.87. The van der Waals surface area contributed by atoms with E-state index in [0.29, 0.717) is 13.2 Å². The van der Waals surface area contributed by atoms with Crippen molar-refractivity contribution in [3.8, 4) is 11.4 Å². The van der Waals surface area contributed by atoms with Gasteiger partial charge in [0.2, 0.25) is 0 Å². The molecule has 0 unspecified atom stereocenters. The lowest BCUT2D eigenvalue weighted by atomic mass is 10.1. The van der Waals surface area contributed by atoms with Gasteiger partial charge in [0.25, 0.3) is 0 Å². The van der Waals surface area contributed by atoms with Gasteiger partial charge in [0, 0.05) is 37.4 Å². The molecule has 0 aliphatic rings. The highest BCUT2D eigenvalue weighted by molar-refractivity contribution is 5.56. The Balaban J connectivity index is 1.67. The molecule has 0 saturated heterocycles. The van der Waals surface area contributed by atoms with Crippen molar-refractivity contribution in [2.45, 2.75) is 13.2 Å². The number of nitrogens with one attached hydrogen (secondary N) is 1. The maximum absolute atomic E-state index is 5.75. The second-order valence-corrected chi connectivity index (χ2v) is 4.90. The van der Waals surface area contributed by atoms with Gasteiger partial charge in [-0.05, 0) is 23.3 Å². The van der Waals surface area contributed by atoms with Crippen LogP contribution < -0.4 is 5.43 Å². The van der Waals surface area contributed by atoms with Crippen LogP contribution in [0.2, 0.25) is 0 Å². The molecule has 3 aromatic rings. The Morgan fingerprint density at radius 2 is 1.95 bits per heavy atom. The largest absolute Gasteiger partial charge is 0.372 e. The van der Waals surface area contributed by atoms with E-state index in [0.717, 1.165) is 22.5 Å². The lowest BCUT2D eigenvalue weighted by molar-refractivity contribution is 0.107. The molecule has 22 heavy (non-hydrogen) atoms. The molecule has 1 N–H and O–H groups in total. The zero-order valence-corrected chi connectivity index (χ0v) is 12.4. The van der Waals surface area contributed by atoms with E-state index in [1.807, 2.05) is 48.4 Å². The summed E-state index contributed by atoms with van der Waals surface area (Å²) in [7, 11) is 1.87. The van der Waals surface area contributed by atoms with Crippen molar-refractivity contribution in [1.82, 2.24) is 14.6 Å². The van der Waals surface area contributed by atoms with Crippen molar-refractivity contribution in [1.29, 1.82) is 0 Å². The predicted octanol–water partition coefficient (Wildman–Crippen LogP) is 2.84. The minimum absolute atomic E-state index is 0.559. The molecular weight excluding hydrogens is 276 g/mol. The fourth-order valence-corrected chi connectivity index (χ4v) is 2.27. The van der Waals surface area contributed by atoms with Crippen LogP contribution in [0.1, 0.15) is 11.1 Å². The SMILES string of the molecule is CNn1ccnc1-c1cccc(COCc2cccnc2)c1. The molecule has 2 heterocycles. The summed E-state index contributed by atoms with van der Waals surface area (Å²) >= 11 is 0. The summed E-state index contributed by atoms with van der Waals surface area (Å²) < 4.78 is 7.64. The smallest absolute Gasteiger partial charge is 0.158 e. The molecule has 0 aliphatic carbocycles. The number of ether oxygens (including phenoxy) is 1. The zero-order valence-electron chi connectivity index (χ0n) is 12.4. The number of hydrogen-bond acceptors (Lipinski definition) is 4. The van der Waals surface area contributed by atoms with Gasteiger partial charge in [0.1, 0.15) is 0 Å². The average Bonchev–Trinajstić information content (AvgIpc) is 3.05. The Kier molecular flexibility index (Phi) is 4.46. The lowest BCUT2D eigenvalue weighted by Gasteiger charge is -2.09. The monoisotopic (exact) mass is 294 g/mol. The molecule has 0 atom stereocenters. The molecule has 1 aromatic carbocycles. The van der Waals surface area contributed by atoms with Crippen LogP contribution in [-0.2, 0) is 18.0 Å². The van der Waals surface area contributed by atoms with Crippen LogP contribution in [0.3, 0.4) is 0 Å². The van der Waals surface area contributed by atoms with E-state index >= 15 is 0 Å².